The van der Waals surface area contributed by atoms with E-state index in [1.807, 2.05) is 13.0 Å². The molecule has 2 aromatic rings. The molecule has 2 aromatic carbocycles. The van der Waals surface area contributed by atoms with E-state index >= 15 is 0 Å². The summed E-state index contributed by atoms with van der Waals surface area (Å²) in [7, 11) is -3.55. The van der Waals surface area contributed by atoms with E-state index in [1.165, 1.54) is 0 Å². The van der Waals surface area contributed by atoms with Gasteiger partial charge < -0.3 is 9.47 Å². The molecule has 3 rings (SSSR count). The molecule has 1 fully saturated rings. The topological polar surface area (TPSA) is 55.9 Å². The number of epoxide rings is 1. The zero-order valence-electron chi connectivity index (χ0n) is 12.6. The van der Waals surface area contributed by atoms with Crippen LogP contribution in [0.25, 0.3) is 0 Å². The molecule has 1 saturated heterocycles. The van der Waals surface area contributed by atoms with Crippen LogP contribution in [0, 0.1) is 13.8 Å². The molecular weight excluding hydrogens is 300 g/mol. The number of hydrogen-bond donors (Lipinski definition) is 0. The summed E-state index contributed by atoms with van der Waals surface area (Å²) in [6.07, 6.45) is 0.136. The average molecular weight is 318 g/mol. The number of benzene rings is 2. The van der Waals surface area contributed by atoms with Gasteiger partial charge in [-0.15, -0.1) is 0 Å². The van der Waals surface area contributed by atoms with Crippen molar-refractivity contribution >= 4 is 9.84 Å². The first kappa shape index (κ1) is 15.1. The third kappa shape index (κ3) is 3.00. The maximum atomic E-state index is 12.8. The van der Waals surface area contributed by atoms with Gasteiger partial charge >= 0.3 is 0 Å². The molecule has 0 bridgehead atoms. The van der Waals surface area contributed by atoms with Crippen molar-refractivity contribution in [3.63, 3.8) is 0 Å². The lowest BCUT2D eigenvalue weighted by Crippen LogP contribution is -2.08. The highest BCUT2D eigenvalue weighted by Gasteiger charge is 2.25. The Morgan fingerprint density at radius 2 is 1.91 bits per heavy atom. The van der Waals surface area contributed by atoms with Crippen molar-refractivity contribution in [2.75, 3.05) is 13.2 Å². The van der Waals surface area contributed by atoms with Gasteiger partial charge in [-0.05, 0) is 43.7 Å². The summed E-state index contributed by atoms with van der Waals surface area (Å²) >= 11 is 0. The van der Waals surface area contributed by atoms with Gasteiger partial charge in [0.15, 0.2) is 0 Å². The minimum absolute atomic E-state index is 0.136. The average Bonchev–Trinajstić information content (AvgIpc) is 3.30. The van der Waals surface area contributed by atoms with E-state index in [2.05, 4.69) is 0 Å². The molecule has 1 atom stereocenters. The molecule has 1 aliphatic heterocycles. The third-order valence-electron chi connectivity index (χ3n) is 3.65. The van der Waals surface area contributed by atoms with Crippen LogP contribution < -0.4 is 4.74 Å². The molecule has 1 heterocycles. The van der Waals surface area contributed by atoms with Gasteiger partial charge in [0.05, 0.1) is 16.4 Å². The van der Waals surface area contributed by atoms with Crippen LogP contribution in [-0.4, -0.2) is 27.7 Å². The third-order valence-corrected chi connectivity index (χ3v) is 5.55. The van der Waals surface area contributed by atoms with E-state index in [1.54, 1.807) is 43.3 Å². The summed E-state index contributed by atoms with van der Waals surface area (Å²) in [5.74, 6) is 0.587. The van der Waals surface area contributed by atoms with Crippen molar-refractivity contribution in [3.8, 4) is 5.75 Å². The Balaban J connectivity index is 1.97. The van der Waals surface area contributed by atoms with E-state index < -0.39 is 9.84 Å². The Morgan fingerprint density at radius 3 is 2.59 bits per heavy atom. The summed E-state index contributed by atoms with van der Waals surface area (Å²) < 4.78 is 36.4. The molecule has 116 valence electrons. The SMILES string of the molecule is Cc1cccc(S(=O)(=O)c2cccc(OCC3CO3)c2C)c1. The molecular formula is C17H18O4S. The molecule has 5 heteroatoms. The summed E-state index contributed by atoms with van der Waals surface area (Å²) in [6.45, 7) is 4.81. The van der Waals surface area contributed by atoms with Gasteiger partial charge in [0.1, 0.15) is 18.5 Å². The monoisotopic (exact) mass is 318 g/mol. The van der Waals surface area contributed by atoms with Gasteiger partial charge in [0.25, 0.3) is 0 Å². The van der Waals surface area contributed by atoms with Crippen LogP contribution in [0.15, 0.2) is 52.3 Å². The second-order valence-electron chi connectivity index (χ2n) is 5.47. The Bertz CT molecular complexity index is 792. The maximum Gasteiger partial charge on any atom is 0.206 e. The fraction of sp³-hybridized carbons (Fsp3) is 0.294. The van der Waals surface area contributed by atoms with E-state index in [-0.39, 0.29) is 11.0 Å². The molecule has 0 aromatic heterocycles. The summed E-state index contributed by atoms with van der Waals surface area (Å²) in [5, 5.41) is 0. The van der Waals surface area contributed by atoms with Crippen molar-refractivity contribution in [2.45, 2.75) is 29.7 Å². The van der Waals surface area contributed by atoms with Gasteiger partial charge in [0.2, 0.25) is 9.84 Å². The Morgan fingerprint density at radius 1 is 1.18 bits per heavy atom. The summed E-state index contributed by atoms with van der Waals surface area (Å²) in [6, 6.07) is 12.0. The van der Waals surface area contributed by atoms with Crippen LogP contribution in [0.5, 0.6) is 5.75 Å². The zero-order chi connectivity index (χ0) is 15.7. The molecule has 1 aliphatic rings. The number of aryl methyl sites for hydroxylation is 1. The van der Waals surface area contributed by atoms with Crippen LogP contribution in [-0.2, 0) is 14.6 Å². The largest absolute Gasteiger partial charge is 0.490 e. The lowest BCUT2D eigenvalue weighted by atomic mass is 10.2. The standard InChI is InChI=1S/C17H18O4S/c1-12-5-3-6-15(9-12)22(18,19)17-8-4-7-16(13(17)2)21-11-14-10-20-14/h3-9,14H,10-11H2,1-2H3. The summed E-state index contributed by atoms with van der Waals surface area (Å²) in [5.41, 5.74) is 1.54. The molecule has 0 spiro atoms. The molecule has 0 aliphatic carbocycles. The number of rotatable bonds is 5. The predicted molar refractivity (Wildman–Crippen MR) is 83.0 cm³/mol. The fourth-order valence-electron chi connectivity index (χ4n) is 2.30. The Labute approximate surface area is 130 Å². The van der Waals surface area contributed by atoms with Crippen molar-refractivity contribution < 1.29 is 17.9 Å². The van der Waals surface area contributed by atoms with Crippen molar-refractivity contribution in [1.29, 1.82) is 0 Å². The highest BCUT2D eigenvalue weighted by atomic mass is 32.2. The molecule has 0 radical (unpaired) electrons. The number of ether oxygens (including phenoxy) is 2. The highest BCUT2D eigenvalue weighted by Crippen LogP contribution is 2.30. The quantitative estimate of drug-likeness (QED) is 0.795. The number of sulfone groups is 1. The van der Waals surface area contributed by atoms with Crippen LogP contribution in [0.4, 0.5) is 0 Å². The van der Waals surface area contributed by atoms with E-state index in [0.717, 1.165) is 5.56 Å². The number of hydrogen-bond acceptors (Lipinski definition) is 4. The first-order valence-corrected chi connectivity index (χ1v) is 8.62. The van der Waals surface area contributed by atoms with Crippen LogP contribution in [0.2, 0.25) is 0 Å². The minimum atomic E-state index is -3.55. The zero-order valence-corrected chi connectivity index (χ0v) is 13.4. The van der Waals surface area contributed by atoms with Crippen molar-refractivity contribution in [3.05, 3.63) is 53.6 Å². The molecule has 0 amide bonds. The normalized spacial score (nSPS) is 17.3. The predicted octanol–water partition coefficient (Wildman–Crippen LogP) is 2.91. The second kappa shape index (κ2) is 5.74. The smallest absolute Gasteiger partial charge is 0.206 e. The molecule has 22 heavy (non-hydrogen) atoms. The maximum absolute atomic E-state index is 12.8. The molecule has 0 N–H and O–H groups in total. The van der Waals surface area contributed by atoms with E-state index in [9.17, 15) is 8.42 Å². The Kier molecular flexibility index (Phi) is 3.93. The van der Waals surface area contributed by atoms with Crippen molar-refractivity contribution in [1.82, 2.24) is 0 Å². The first-order chi connectivity index (χ1) is 10.5. The first-order valence-electron chi connectivity index (χ1n) is 7.14. The second-order valence-corrected chi connectivity index (χ2v) is 7.38. The minimum Gasteiger partial charge on any atom is -0.490 e. The van der Waals surface area contributed by atoms with Crippen LogP contribution in [0.1, 0.15) is 11.1 Å². The lowest BCUT2D eigenvalue weighted by Gasteiger charge is -2.13. The fourth-order valence-corrected chi connectivity index (χ4v) is 3.91. The van der Waals surface area contributed by atoms with Crippen molar-refractivity contribution in [2.24, 2.45) is 0 Å². The molecule has 1 unspecified atom stereocenters. The van der Waals surface area contributed by atoms with Crippen LogP contribution in [0.3, 0.4) is 0 Å². The summed E-state index contributed by atoms with van der Waals surface area (Å²) in [4.78, 5) is 0.589. The molecule has 4 nitrogen and oxygen atoms in total. The van der Waals surface area contributed by atoms with E-state index in [4.69, 9.17) is 9.47 Å². The van der Waals surface area contributed by atoms with Gasteiger partial charge in [-0.1, -0.05) is 18.2 Å². The lowest BCUT2D eigenvalue weighted by molar-refractivity contribution is 0.261. The van der Waals surface area contributed by atoms with E-state index in [0.29, 0.717) is 29.4 Å². The van der Waals surface area contributed by atoms with Gasteiger partial charge in [-0.25, -0.2) is 8.42 Å². The van der Waals surface area contributed by atoms with Gasteiger partial charge in [-0.2, -0.15) is 0 Å². The highest BCUT2D eigenvalue weighted by molar-refractivity contribution is 7.91. The van der Waals surface area contributed by atoms with Gasteiger partial charge in [-0.3, -0.25) is 0 Å². The van der Waals surface area contributed by atoms with Gasteiger partial charge in [0, 0.05) is 5.56 Å². The van der Waals surface area contributed by atoms with Crippen LogP contribution >= 0.6 is 0 Å². The molecule has 0 saturated carbocycles. The Hall–Kier alpha value is -1.85.